The maximum absolute atomic E-state index is 13.5. The summed E-state index contributed by atoms with van der Waals surface area (Å²) in [6.45, 7) is 2.49. The number of rotatable bonds is 1. The predicted molar refractivity (Wildman–Crippen MR) is 85.0 cm³/mol. The Bertz CT molecular complexity index is 757. The van der Waals surface area contributed by atoms with Crippen molar-refractivity contribution in [1.82, 2.24) is 9.47 Å². The summed E-state index contributed by atoms with van der Waals surface area (Å²) >= 11 is 12.0. The summed E-state index contributed by atoms with van der Waals surface area (Å²) in [5.41, 5.74) is 2.37. The summed E-state index contributed by atoms with van der Waals surface area (Å²) in [6.07, 6.45) is 0.706. The van der Waals surface area contributed by atoms with E-state index in [-0.39, 0.29) is 17.8 Å². The molecule has 2 aromatic rings. The van der Waals surface area contributed by atoms with E-state index in [0.717, 1.165) is 11.1 Å². The first-order valence-electron chi connectivity index (χ1n) is 7.00. The van der Waals surface area contributed by atoms with Gasteiger partial charge in [-0.1, -0.05) is 29.3 Å². The fraction of sp³-hybridized carbons (Fsp3) is 0.312. The standard InChI is InChI=1S/C16H15Cl2FN2O/c1-9-12-7-11(19)4-3-10(12)5-6-21(9)16(22)14-8-13(17)15(18)20(14)2/h3-4,7-9H,5-6H2,1-2H3. The smallest absolute Gasteiger partial charge is 0.271 e. The van der Waals surface area contributed by atoms with Crippen molar-refractivity contribution in [3.8, 4) is 0 Å². The number of hydrogen-bond donors (Lipinski definition) is 0. The highest BCUT2D eigenvalue weighted by molar-refractivity contribution is 6.41. The molecule has 6 heteroatoms. The second-order valence-corrected chi connectivity index (χ2v) is 6.26. The molecule has 0 saturated heterocycles. The van der Waals surface area contributed by atoms with Crippen LogP contribution in [0.5, 0.6) is 0 Å². The van der Waals surface area contributed by atoms with Gasteiger partial charge in [-0.15, -0.1) is 0 Å². The largest absolute Gasteiger partial charge is 0.330 e. The Hall–Kier alpha value is -1.52. The highest BCUT2D eigenvalue weighted by Crippen LogP contribution is 2.33. The van der Waals surface area contributed by atoms with Crippen LogP contribution in [0.3, 0.4) is 0 Å². The number of carbonyl (C=O) groups is 1. The summed E-state index contributed by atoms with van der Waals surface area (Å²) in [7, 11) is 1.70. The Morgan fingerprint density at radius 2 is 2.05 bits per heavy atom. The van der Waals surface area contributed by atoms with E-state index in [4.69, 9.17) is 23.2 Å². The first-order valence-corrected chi connectivity index (χ1v) is 7.75. The highest BCUT2D eigenvalue weighted by atomic mass is 35.5. The molecule has 1 aromatic carbocycles. The first-order chi connectivity index (χ1) is 10.4. The van der Waals surface area contributed by atoms with Crippen molar-refractivity contribution in [3.05, 3.63) is 57.1 Å². The number of amides is 1. The van der Waals surface area contributed by atoms with E-state index in [2.05, 4.69) is 0 Å². The molecule has 2 heterocycles. The van der Waals surface area contributed by atoms with Crippen LogP contribution in [0.15, 0.2) is 24.3 Å². The monoisotopic (exact) mass is 340 g/mol. The fourth-order valence-corrected chi connectivity index (χ4v) is 3.33. The Labute approximate surface area is 138 Å². The number of hydrogen-bond acceptors (Lipinski definition) is 1. The van der Waals surface area contributed by atoms with Gasteiger partial charge in [-0.05, 0) is 42.7 Å². The quantitative estimate of drug-likeness (QED) is 0.762. The molecule has 0 N–H and O–H groups in total. The van der Waals surface area contributed by atoms with Crippen LogP contribution in [0.1, 0.15) is 34.6 Å². The summed E-state index contributed by atoms with van der Waals surface area (Å²) in [5.74, 6) is -0.441. The van der Waals surface area contributed by atoms with Crippen LogP contribution in [0, 0.1) is 5.82 Å². The average Bonchev–Trinajstić information content (AvgIpc) is 2.75. The Balaban J connectivity index is 1.96. The van der Waals surface area contributed by atoms with Gasteiger partial charge in [0.25, 0.3) is 5.91 Å². The molecule has 3 nitrogen and oxygen atoms in total. The normalized spacial score (nSPS) is 17.5. The Morgan fingerprint density at radius 3 is 2.68 bits per heavy atom. The number of carbonyl (C=O) groups excluding carboxylic acids is 1. The third-order valence-corrected chi connectivity index (χ3v) is 5.09. The molecule has 0 radical (unpaired) electrons. The summed E-state index contributed by atoms with van der Waals surface area (Å²) in [5, 5.41) is 0.685. The number of benzene rings is 1. The van der Waals surface area contributed by atoms with Crippen molar-refractivity contribution >= 4 is 29.1 Å². The van der Waals surface area contributed by atoms with Gasteiger partial charge in [0.2, 0.25) is 0 Å². The van der Waals surface area contributed by atoms with Crippen LogP contribution in [0.2, 0.25) is 10.2 Å². The van der Waals surface area contributed by atoms with Crippen LogP contribution >= 0.6 is 23.2 Å². The molecule has 1 atom stereocenters. The molecule has 116 valence electrons. The summed E-state index contributed by atoms with van der Waals surface area (Å²) < 4.78 is 15.1. The van der Waals surface area contributed by atoms with E-state index in [0.29, 0.717) is 28.8 Å². The molecule has 22 heavy (non-hydrogen) atoms. The van der Waals surface area contributed by atoms with Gasteiger partial charge in [-0.3, -0.25) is 4.79 Å². The van der Waals surface area contributed by atoms with Gasteiger partial charge in [-0.25, -0.2) is 4.39 Å². The van der Waals surface area contributed by atoms with Gasteiger partial charge < -0.3 is 9.47 Å². The van der Waals surface area contributed by atoms with Gasteiger partial charge >= 0.3 is 0 Å². The van der Waals surface area contributed by atoms with Gasteiger partial charge in [0.1, 0.15) is 16.7 Å². The minimum absolute atomic E-state index is 0.154. The molecule has 0 saturated carbocycles. The second kappa shape index (κ2) is 5.60. The zero-order valence-corrected chi connectivity index (χ0v) is 13.7. The summed E-state index contributed by atoms with van der Waals surface area (Å²) in [4.78, 5) is 14.5. The van der Waals surface area contributed by atoms with E-state index in [1.807, 2.05) is 6.92 Å². The second-order valence-electron chi connectivity index (χ2n) is 5.49. The van der Waals surface area contributed by atoms with Gasteiger partial charge in [0.05, 0.1) is 11.1 Å². The average molecular weight is 341 g/mol. The molecule has 3 rings (SSSR count). The zero-order valence-electron chi connectivity index (χ0n) is 12.2. The molecule has 0 fully saturated rings. The molecular formula is C16H15Cl2FN2O. The SMILES string of the molecule is CC1c2cc(F)ccc2CCN1C(=O)c1cc(Cl)c(Cl)n1C. The molecule has 0 spiro atoms. The molecule has 0 aliphatic carbocycles. The Kier molecular flexibility index (Phi) is 3.91. The van der Waals surface area contributed by atoms with Crippen LogP contribution in [-0.4, -0.2) is 21.9 Å². The maximum atomic E-state index is 13.5. The van der Waals surface area contributed by atoms with Crippen molar-refractivity contribution in [2.24, 2.45) is 7.05 Å². The van der Waals surface area contributed by atoms with Gasteiger partial charge in [0.15, 0.2) is 0 Å². The van der Waals surface area contributed by atoms with Crippen LogP contribution in [0.25, 0.3) is 0 Å². The van der Waals surface area contributed by atoms with Crippen LogP contribution in [0.4, 0.5) is 4.39 Å². The molecule has 1 unspecified atom stereocenters. The number of aromatic nitrogens is 1. The zero-order chi connectivity index (χ0) is 16.0. The lowest BCUT2D eigenvalue weighted by Crippen LogP contribution is -2.39. The van der Waals surface area contributed by atoms with Gasteiger partial charge in [0, 0.05) is 13.6 Å². The number of nitrogens with zero attached hydrogens (tertiary/aromatic N) is 2. The van der Waals surface area contributed by atoms with E-state index in [9.17, 15) is 9.18 Å². The molecule has 1 aliphatic heterocycles. The van der Waals surface area contributed by atoms with E-state index in [1.165, 1.54) is 12.1 Å². The first kappa shape index (κ1) is 15.4. The van der Waals surface area contributed by atoms with E-state index < -0.39 is 0 Å². The lowest BCUT2D eigenvalue weighted by atomic mass is 9.93. The van der Waals surface area contributed by atoms with Crippen molar-refractivity contribution in [2.75, 3.05) is 6.54 Å². The minimum atomic E-state index is -0.287. The molecule has 1 aromatic heterocycles. The number of fused-ring (bicyclic) bond motifs is 1. The van der Waals surface area contributed by atoms with Crippen LogP contribution in [-0.2, 0) is 13.5 Å². The van der Waals surface area contributed by atoms with Crippen molar-refractivity contribution in [3.63, 3.8) is 0 Å². The van der Waals surface area contributed by atoms with Crippen LogP contribution < -0.4 is 0 Å². The fourth-order valence-electron chi connectivity index (χ4n) is 2.96. The Morgan fingerprint density at radius 1 is 1.32 bits per heavy atom. The van der Waals surface area contributed by atoms with Crippen molar-refractivity contribution in [1.29, 1.82) is 0 Å². The lowest BCUT2D eigenvalue weighted by Gasteiger charge is -2.35. The minimum Gasteiger partial charge on any atom is -0.330 e. The molecular weight excluding hydrogens is 326 g/mol. The maximum Gasteiger partial charge on any atom is 0.271 e. The molecule has 0 bridgehead atoms. The van der Waals surface area contributed by atoms with E-state index in [1.54, 1.807) is 28.6 Å². The third kappa shape index (κ3) is 2.40. The predicted octanol–water partition coefficient (Wildman–Crippen LogP) is 4.23. The molecule has 1 amide bonds. The van der Waals surface area contributed by atoms with Crippen molar-refractivity contribution in [2.45, 2.75) is 19.4 Å². The molecule has 1 aliphatic rings. The van der Waals surface area contributed by atoms with Crippen molar-refractivity contribution < 1.29 is 9.18 Å². The third-order valence-electron chi connectivity index (χ3n) is 4.24. The summed E-state index contributed by atoms with van der Waals surface area (Å²) in [6, 6.07) is 6.13. The highest BCUT2D eigenvalue weighted by Gasteiger charge is 2.30. The lowest BCUT2D eigenvalue weighted by molar-refractivity contribution is 0.0667. The topological polar surface area (TPSA) is 25.2 Å². The number of halogens is 3. The van der Waals surface area contributed by atoms with E-state index >= 15 is 0 Å². The van der Waals surface area contributed by atoms with Gasteiger partial charge in [-0.2, -0.15) is 0 Å².